The van der Waals surface area contributed by atoms with E-state index in [-0.39, 0.29) is 6.61 Å². The summed E-state index contributed by atoms with van der Waals surface area (Å²) in [7, 11) is 3.38. The van der Waals surface area contributed by atoms with Gasteiger partial charge in [-0.05, 0) is 57.5 Å². The highest BCUT2D eigenvalue weighted by Gasteiger charge is 2.16. The van der Waals surface area contributed by atoms with Crippen LogP contribution in [0.15, 0.2) is 18.2 Å². The molecule has 1 heterocycles. The second kappa shape index (κ2) is 13.9. The second-order valence-corrected chi connectivity index (χ2v) is 8.58. The predicted octanol–water partition coefficient (Wildman–Crippen LogP) is 3.56. The molecule has 1 aliphatic rings. The number of hydrogen-bond donors (Lipinski definition) is 1. The van der Waals surface area contributed by atoms with E-state index in [4.69, 9.17) is 14.2 Å². The van der Waals surface area contributed by atoms with Crippen LogP contribution in [0.3, 0.4) is 0 Å². The van der Waals surface area contributed by atoms with Crippen molar-refractivity contribution >= 4 is 0 Å². The number of hydrogen-bond acceptors (Lipinski definition) is 6. The van der Waals surface area contributed by atoms with Crippen molar-refractivity contribution in [2.75, 3.05) is 53.6 Å². The van der Waals surface area contributed by atoms with Gasteiger partial charge in [-0.1, -0.05) is 25.3 Å². The number of β-amino-alcohol motifs (C(OH)–C–C–N with tert-alkyl or cyclic N) is 1. The van der Waals surface area contributed by atoms with Crippen LogP contribution in [0, 0.1) is 0 Å². The number of nitrogens with zero attached hydrogens (tertiary/aromatic N) is 2. The van der Waals surface area contributed by atoms with E-state index in [9.17, 15) is 5.11 Å². The molecule has 0 saturated carbocycles. The number of aliphatic hydroxyl groups excluding tert-OH is 1. The van der Waals surface area contributed by atoms with Gasteiger partial charge in [0.15, 0.2) is 11.5 Å². The predicted molar refractivity (Wildman–Crippen MR) is 121 cm³/mol. The summed E-state index contributed by atoms with van der Waals surface area (Å²) in [4.78, 5) is 4.74. The Hall–Kier alpha value is -1.34. The van der Waals surface area contributed by atoms with Crippen molar-refractivity contribution in [2.45, 2.75) is 64.6 Å². The fourth-order valence-corrected chi connectivity index (χ4v) is 3.93. The van der Waals surface area contributed by atoms with Gasteiger partial charge in [0.05, 0.1) is 13.7 Å². The minimum Gasteiger partial charge on any atom is -0.493 e. The van der Waals surface area contributed by atoms with Crippen LogP contribution in [-0.2, 0) is 11.3 Å². The molecule has 0 aliphatic carbocycles. The quantitative estimate of drug-likeness (QED) is 0.556. The summed E-state index contributed by atoms with van der Waals surface area (Å²) in [5, 5.41) is 10.5. The molecule has 1 saturated heterocycles. The van der Waals surface area contributed by atoms with E-state index >= 15 is 0 Å². The second-order valence-electron chi connectivity index (χ2n) is 8.58. The average molecular weight is 423 g/mol. The Bertz CT molecular complexity index is 589. The van der Waals surface area contributed by atoms with Crippen molar-refractivity contribution in [1.82, 2.24) is 9.80 Å². The van der Waals surface area contributed by atoms with Gasteiger partial charge in [0.1, 0.15) is 12.7 Å². The minimum atomic E-state index is -0.508. The van der Waals surface area contributed by atoms with Crippen LogP contribution in [-0.4, -0.2) is 80.7 Å². The summed E-state index contributed by atoms with van der Waals surface area (Å²) < 4.78 is 16.7. The van der Waals surface area contributed by atoms with E-state index in [0.29, 0.717) is 30.7 Å². The van der Waals surface area contributed by atoms with Crippen LogP contribution in [0.1, 0.15) is 51.5 Å². The topological polar surface area (TPSA) is 54.4 Å². The maximum atomic E-state index is 10.5. The molecule has 1 fully saturated rings. The van der Waals surface area contributed by atoms with Crippen LogP contribution >= 0.6 is 0 Å². The lowest BCUT2D eigenvalue weighted by atomic mass is 10.1. The minimum absolute atomic E-state index is 0.272. The SMILES string of the molecule is COCCN(Cc1ccc(OC)c(OCC(O)CN2CCCCCCC2)c1)C(C)C. The third-order valence-corrected chi connectivity index (χ3v) is 5.78. The third-order valence-electron chi connectivity index (χ3n) is 5.78. The van der Waals surface area contributed by atoms with Gasteiger partial charge in [-0.2, -0.15) is 0 Å². The standard InChI is InChI=1S/C24H42N2O4/c1-20(2)26(14-15-28-3)17-21-10-11-23(29-4)24(16-21)30-19-22(27)18-25-12-8-6-5-7-9-13-25/h10-11,16,20,22,27H,5-9,12-15,17-19H2,1-4H3. The molecule has 0 bridgehead atoms. The van der Waals surface area contributed by atoms with Crippen molar-refractivity contribution in [2.24, 2.45) is 0 Å². The van der Waals surface area contributed by atoms with E-state index < -0.39 is 6.10 Å². The molecule has 1 N–H and O–H groups in total. The molecule has 0 amide bonds. The highest BCUT2D eigenvalue weighted by Crippen LogP contribution is 2.29. The zero-order valence-corrected chi connectivity index (χ0v) is 19.4. The van der Waals surface area contributed by atoms with Crippen molar-refractivity contribution < 1.29 is 19.3 Å². The number of rotatable bonds is 12. The molecular formula is C24H42N2O4. The summed E-state index contributed by atoms with van der Waals surface area (Å²) >= 11 is 0. The van der Waals surface area contributed by atoms with Crippen LogP contribution in [0.4, 0.5) is 0 Å². The molecule has 6 heteroatoms. The lowest BCUT2D eigenvalue weighted by molar-refractivity contribution is 0.0644. The average Bonchev–Trinajstić information content (AvgIpc) is 2.71. The Morgan fingerprint density at radius 1 is 1.03 bits per heavy atom. The van der Waals surface area contributed by atoms with Gasteiger partial charge in [-0.15, -0.1) is 0 Å². The maximum Gasteiger partial charge on any atom is 0.161 e. The number of methoxy groups -OCH3 is 2. The first-order valence-electron chi connectivity index (χ1n) is 11.5. The summed E-state index contributed by atoms with van der Waals surface area (Å²) in [5.41, 5.74) is 1.16. The Morgan fingerprint density at radius 2 is 1.73 bits per heavy atom. The van der Waals surface area contributed by atoms with Gasteiger partial charge >= 0.3 is 0 Å². The summed E-state index contributed by atoms with van der Waals surface area (Å²) in [5.74, 6) is 1.39. The van der Waals surface area contributed by atoms with Crippen LogP contribution < -0.4 is 9.47 Å². The van der Waals surface area contributed by atoms with Gasteiger partial charge < -0.3 is 24.2 Å². The Balaban J connectivity index is 1.93. The zero-order chi connectivity index (χ0) is 21.8. The molecule has 0 spiro atoms. The zero-order valence-electron chi connectivity index (χ0n) is 19.4. The number of likely N-dealkylation sites (tertiary alicyclic amines) is 1. The molecule has 1 aromatic rings. The highest BCUT2D eigenvalue weighted by atomic mass is 16.5. The molecule has 6 nitrogen and oxygen atoms in total. The summed E-state index contributed by atoms with van der Waals surface area (Å²) in [6.07, 6.45) is 5.87. The van der Waals surface area contributed by atoms with Gasteiger partial charge in [0, 0.05) is 32.8 Å². The molecule has 1 aromatic carbocycles. The Labute approximate surface area is 183 Å². The third kappa shape index (κ3) is 8.80. The molecule has 2 rings (SSSR count). The first-order chi connectivity index (χ1) is 14.5. The van der Waals surface area contributed by atoms with Crippen LogP contribution in [0.2, 0.25) is 0 Å². The van der Waals surface area contributed by atoms with E-state index in [1.807, 2.05) is 12.1 Å². The molecule has 1 unspecified atom stereocenters. The monoisotopic (exact) mass is 422 g/mol. The fraction of sp³-hybridized carbons (Fsp3) is 0.750. The van der Waals surface area contributed by atoms with E-state index in [2.05, 4.69) is 29.7 Å². The molecule has 1 aliphatic heterocycles. The van der Waals surface area contributed by atoms with Crippen molar-refractivity contribution in [3.63, 3.8) is 0 Å². The fourth-order valence-electron chi connectivity index (χ4n) is 3.93. The lowest BCUT2D eigenvalue weighted by Gasteiger charge is -2.27. The molecule has 0 radical (unpaired) electrons. The van der Waals surface area contributed by atoms with E-state index in [0.717, 1.165) is 31.7 Å². The number of aliphatic hydroxyl groups is 1. The number of ether oxygens (including phenoxy) is 3. The van der Waals surface area contributed by atoms with Gasteiger partial charge in [-0.3, -0.25) is 4.90 Å². The van der Waals surface area contributed by atoms with Crippen LogP contribution in [0.25, 0.3) is 0 Å². The number of benzene rings is 1. The van der Waals surface area contributed by atoms with Gasteiger partial charge in [0.25, 0.3) is 0 Å². The van der Waals surface area contributed by atoms with Gasteiger partial charge in [-0.25, -0.2) is 0 Å². The normalized spacial score (nSPS) is 17.0. The van der Waals surface area contributed by atoms with Crippen molar-refractivity contribution in [3.05, 3.63) is 23.8 Å². The maximum absolute atomic E-state index is 10.5. The molecule has 1 atom stereocenters. The molecular weight excluding hydrogens is 380 g/mol. The molecule has 172 valence electrons. The highest BCUT2D eigenvalue weighted by molar-refractivity contribution is 5.43. The largest absolute Gasteiger partial charge is 0.493 e. The van der Waals surface area contributed by atoms with E-state index in [1.165, 1.54) is 32.1 Å². The first kappa shape index (κ1) is 24.9. The first-order valence-corrected chi connectivity index (χ1v) is 11.5. The molecule has 30 heavy (non-hydrogen) atoms. The smallest absolute Gasteiger partial charge is 0.161 e. The van der Waals surface area contributed by atoms with Crippen molar-refractivity contribution in [1.29, 1.82) is 0 Å². The molecule has 0 aromatic heterocycles. The van der Waals surface area contributed by atoms with Gasteiger partial charge in [0.2, 0.25) is 0 Å². The van der Waals surface area contributed by atoms with E-state index in [1.54, 1.807) is 14.2 Å². The summed E-state index contributed by atoms with van der Waals surface area (Å²) in [6, 6.07) is 6.48. The Kier molecular flexibility index (Phi) is 11.5. The lowest BCUT2D eigenvalue weighted by Crippen LogP contribution is -2.37. The Morgan fingerprint density at radius 3 is 2.37 bits per heavy atom. The van der Waals surface area contributed by atoms with Crippen molar-refractivity contribution in [3.8, 4) is 11.5 Å². The summed E-state index contributed by atoms with van der Waals surface area (Å²) in [6.45, 7) is 9.87. The van der Waals surface area contributed by atoms with Crippen LogP contribution in [0.5, 0.6) is 11.5 Å².